The molecule has 2 N–H and O–H groups in total. The number of carbonyl (C=O) groups excluding carboxylic acids is 2. The minimum absolute atomic E-state index is 0.0419. The van der Waals surface area contributed by atoms with E-state index in [0.29, 0.717) is 25.9 Å². The molecule has 5 nitrogen and oxygen atoms in total. The summed E-state index contributed by atoms with van der Waals surface area (Å²) in [5.74, 6) is 0.736. The second-order valence-electron chi connectivity index (χ2n) is 6.06. The van der Waals surface area contributed by atoms with Gasteiger partial charge in [0.2, 0.25) is 11.8 Å². The summed E-state index contributed by atoms with van der Waals surface area (Å²) in [5, 5.41) is 5.66. The number of rotatable bonds is 10. The van der Waals surface area contributed by atoms with Crippen LogP contribution in [0.25, 0.3) is 0 Å². The molecule has 0 radical (unpaired) electrons. The molecule has 0 saturated carbocycles. The van der Waals surface area contributed by atoms with Crippen molar-refractivity contribution in [1.82, 2.24) is 10.6 Å². The van der Waals surface area contributed by atoms with Crippen LogP contribution >= 0.6 is 0 Å². The molecule has 0 aromatic heterocycles. The molecule has 138 valence electrons. The van der Waals surface area contributed by atoms with Gasteiger partial charge in [-0.3, -0.25) is 9.59 Å². The predicted octanol–water partition coefficient (Wildman–Crippen LogP) is 2.49. The van der Waals surface area contributed by atoms with Crippen LogP contribution in [0, 0.1) is 0 Å². The number of amides is 2. The van der Waals surface area contributed by atoms with Crippen LogP contribution in [0.15, 0.2) is 54.6 Å². The summed E-state index contributed by atoms with van der Waals surface area (Å²) in [5.41, 5.74) is 2.18. The molecule has 0 atom stereocenters. The first-order valence-electron chi connectivity index (χ1n) is 8.87. The van der Waals surface area contributed by atoms with Crippen LogP contribution in [0.4, 0.5) is 0 Å². The van der Waals surface area contributed by atoms with E-state index in [1.165, 1.54) is 5.56 Å². The second kappa shape index (κ2) is 10.9. The third-order valence-corrected chi connectivity index (χ3v) is 4.01. The quantitative estimate of drug-likeness (QED) is 0.644. The van der Waals surface area contributed by atoms with Gasteiger partial charge in [-0.25, -0.2) is 0 Å². The first-order valence-corrected chi connectivity index (χ1v) is 8.87. The van der Waals surface area contributed by atoms with Gasteiger partial charge in [0.15, 0.2) is 0 Å². The van der Waals surface area contributed by atoms with E-state index in [-0.39, 0.29) is 11.8 Å². The Labute approximate surface area is 154 Å². The van der Waals surface area contributed by atoms with Crippen LogP contribution < -0.4 is 15.4 Å². The average molecular weight is 354 g/mol. The Morgan fingerprint density at radius 2 is 1.54 bits per heavy atom. The Bertz CT molecular complexity index is 684. The molecular formula is C21H26N2O3. The summed E-state index contributed by atoms with van der Waals surface area (Å²) in [6, 6.07) is 17.5. The largest absolute Gasteiger partial charge is 0.497 e. The zero-order chi connectivity index (χ0) is 18.6. The van der Waals surface area contributed by atoms with Crippen LogP contribution in [0.1, 0.15) is 24.0 Å². The Hall–Kier alpha value is -2.82. The fourth-order valence-electron chi connectivity index (χ4n) is 2.56. The van der Waals surface area contributed by atoms with Crippen molar-refractivity contribution >= 4 is 11.8 Å². The lowest BCUT2D eigenvalue weighted by molar-refractivity contribution is -0.122. The van der Waals surface area contributed by atoms with E-state index in [0.717, 1.165) is 24.2 Å². The first kappa shape index (κ1) is 19.5. The van der Waals surface area contributed by atoms with E-state index in [1.54, 1.807) is 7.11 Å². The Morgan fingerprint density at radius 3 is 2.23 bits per heavy atom. The summed E-state index contributed by atoms with van der Waals surface area (Å²) in [6.07, 6.45) is 2.41. The van der Waals surface area contributed by atoms with Crippen molar-refractivity contribution in [1.29, 1.82) is 0 Å². The van der Waals surface area contributed by atoms with Gasteiger partial charge in [-0.15, -0.1) is 0 Å². The van der Waals surface area contributed by atoms with E-state index >= 15 is 0 Å². The zero-order valence-electron chi connectivity index (χ0n) is 15.2. The Kier molecular flexibility index (Phi) is 8.19. The van der Waals surface area contributed by atoms with Crippen LogP contribution in [0.2, 0.25) is 0 Å². The molecule has 0 unspecified atom stereocenters. The van der Waals surface area contributed by atoms with Gasteiger partial charge in [0.05, 0.1) is 13.5 Å². The van der Waals surface area contributed by atoms with Gasteiger partial charge in [-0.2, -0.15) is 0 Å². The number of carbonyl (C=O) groups is 2. The monoisotopic (exact) mass is 354 g/mol. The Morgan fingerprint density at radius 1 is 0.846 bits per heavy atom. The average Bonchev–Trinajstić information content (AvgIpc) is 2.66. The molecule has 0 aliphatic rings. The van der Waals surface area contributed by atoms with Crippen molar-refractivity contribution < 1.29 is 14.3 Å². The molecule has 0 saturated heterocycles. The number of methoxy groups -OCH3 is 1. The van der Waals surface area contributed by atoms with Crippen molar-refractivity contribution in [2.75, 3.05) is 20.2 Å². The number of hydrogen-bond acceptors (Lipinski definition) is 3. The molecule has 0 aliphatic heterocycles. The molecule has 2 aromatic carbocycles. The number of hydrogen-bond donors (Lipinski definition) is 2. The number of benzene rings is 2. The first-order chi connectivity index (χ1) is 12.7. The van der Waals surface area contributed by atoms with Gasteiger partial charge in [0, 0.05) is 19.5 Å². The molecule has 0 fully saturated rings. The molecule has 5 heteroatoms. The fraction of sp³-hybridized carbons (Fsp3) is 0.333. The van der Waals surface area contributed by atoms with E-state index in [9.17, 15) is 9.59 Å². The lowest BCUT2D eigenvalue weighted by Gasteiger charge is -2.07. The highest BCUT2D eigenvalue weighted by molar-refractivity contribution is 5.80. The van der Waals surface area contributed by atoms with Crippen molar-refractivity contribution in [2.45, 2.75) is 25.7 Å². The lowest BCUT2D eigenvalue weighted by atomic mass is 10.1. The van der Waals surface area contributed by atoms with Gasteiger partial charge in [-0.1, -0.05) is 42.5 Å². The van der Waals surface area contributed by atoms with Crippen LogP contribution in [0.5, 0.6) is 5.75 Å². The molecule has 0 aliphatic carbocycles. The number of aryl methyl sites for hydroxylation is 1. The zero-order valence-corrected chi connectivity index (χ0v) is 15.2. The summed E-state index contributed by atoms with van der Waals surface area (Å²) in [7, 11) is 1.65. The van der Waals surface area contributed by atoms with Crippen molar-refractivity contribution in [3.8, 4) is 5.75 Å². The minimum Gasteiger partial charge on any atom is -0.497 e. The molecular weight excluding hydrogens is 328 g/mol. The lowest BCUT2D eigenvalue weighted by Crippen LogP contribution is -2.32. The molecule has 2 rings (SSSR count). The predicted molar refractivity (Wildman–Crippen MR) is 102 cm³/mol. The highest BCUT2D eigenvalue weighted by Crippen LogP contribution is 2.12. The standard InChI is InChI=1S/C21H26N2O3/c1-26-19-11-9-17(10-12-19)8-5-14-22-20(24)13-15-23-21(25)16-18-6-3-2-4-7-18/h2-4,6-7,9-12H,5,8,13-16H2,1H3,(H,22,24)(H,23,25). The smallest absolute Gasteiger partial charge is 0.224 e. The summed E-state index contributed by atoms with van der Waals surface area (Å²) >= 11 is 0. The van der Waals surface area contributed by atoms with Crippen LogP contribution in [-0.2, 0) is 22.4 Å². The molecule has 0 bridgehead atoms. The maximum atomic E-state index is 11.8. The van der Waals surface area contributed by atoms with E-state index in [1.807, 2.05) is 54.6 Å². The van der Waals surface area contributed by atoms with Crippen LogP contribution in [0.3, 0.4) is 0 Å². The maximum Gasteiger partial charge on any atom is 0.224 e. The third kappa shape index (κ3) is 7.38. The van der Waals surface area contributed by atoms with Gasteiger partial charge >= 0.3 is 0 Å². The second-order valence-corrected chi connectivity index (χ2v) is 6.06. The number of nitrogens with one attached hydrogen (secondary N) is 2. The minimum atomic E-state index is -0.0662. The topological polar surface area (TPSA) is 67.4 Å². The number of ether oxygens (including phenoxy) is 1. The molecule has 0 spiro atoms. The van der Waals surface area contributed by atoms with E-state index in [4.69, 9.17) is 4.74 Å². The maximum absolute atomic E-state index is 11.8. The fourth-order valence-corrected chi connectivity index (χ4v) is 2.56. The van der Waals surface area contributed by atoms with Crippen molar-refractivity contribution in [3.05, 3.63) is 65.7 Å². The third-order valence-electron chi connectivity index (χ3n) is 4.01. The molecule has 0 heterocycles. The normalized spacial score (nSPS) is 10.2. The molecule has 2 amide bonds. The highest BCUT2D eigenvalue weighted by atomic mass is 16.5. The van der Waals surface area contributed by atoms with E-state index < -0.39 is 0 Å². The Balaban J connectivity index is 1.53. The molecule has 26 heavy (non-hydrogen) atoms. The summed E-state index contributed by atoms with van der Waals surface area (Å²) < 4.78 is 5.13. The SMILES string of the molecule is COc1ccc(CCCNC(=O)CCNC(=O)Cc2ccccc2)cc1. The van der Waals surface area contributed by atoms with Crippen molar-refractivity contribution in [2.24, 2.45) is 0 Å². The van der Waals surface area contributed by atoms with E-state index in [2.05, 4.69) is 10.6 Å². The summed E-state index contributed by atoms with van der Waals surface area (Å²) in [6.45, 7) is 0.985. The highest BCUT2D eigenvalue weighted by Gasteiger charge is 2.05. The van der Waals surface area contributed by atoms with Crippen molar-refractivity contribution in [3.63, 3.8) is 0 Å². The molecule has 2 aromatic rings. The summed E-state index contributed by atoms with van der Waals surface area (Å²) in [4.78, 5) is 23.6. The van der Waals surface area contributed by atoms with Crippen LogP contribution in [-0.4, -0.2) is 32.0 Å². The van der Waals surface area contributed by atoms with Gasteiger partial charge in [-0.05, 0) is 36.1 Å². The van der Waals surface area contributed by atoms with Gasteiger partial charge in [0.1, 0.15) is 5.75 Å². The van der Waals surface area contributed by atoms with Gasteiger partial charge < -0.3 is 15.4 Å². The van der Waals surface area contributed by atoms with Gasteiger partial charge in [0.25, 0.3) is 0 Å².